The number of imidazole rings is 1. The number of benzene rings is 2. The standard InChI is InChI=1S/C17H16Cl2N2/c1-10-7-8-15(11(2)9-10)21-16-13(19)5-4-6-14(16)20-17(21)12(3)18/h4-9,12H,1-3H3. The summed E-state index contributed by atoms with van der Waals surface area (Å²) in [5.41, 5.74) is 5.25. The zero-order valence-corrected chi connectivity index (χ0v) is 13.7. The van der Waals surface area contributed by atoms with E-state index in [0.717, 1.165) is 22.5 Å². The van der Waals surface area contributed by atoms with Gasteiger partial charge in [-0.25, -0.2) is 4.98 Å². The van der Waals surface area contributed by atoms with Gasteiger partial charge in [0.25, 0.3) is 0 Å². The number of alkyl halides is 1. The molecule has 3 rings (SSSR count). The number of fused-ring (bicyclic) bond motifs is 1. The third-order valence-electron chi connectivity index (χ3n) is 3.60. The predicted octanol–water partition coefficient (Wildman–Crippen LogP) is 5.60. The van der Waals surface area contributed by atoms with Gasteiger partial charge in [0.15, 0.2) is 0 Å². The van der Waals surface area contributed by atoms with Crippen LogP contribution in [-0.4, -0.2) is 9.55 Å². The molecule has 0 bridgehead atoms. The summed E-state index contributed by atoms with van der Waals surface area (Å²) in [6.45, 7) is 6.10. The van der Waals surface area contributed by atoms with Crippen molar-refractivity contribution >= 4 is 34.2 Å². The van der Waals surface area contributed by atoms with E-state index < -0.39 is 0 Å². The van der Waals surface area contributed by atoms with Crippen molar-refractivity contribution in [1.29, 1.82) is 0 Å². The van der Waals surface area contributed by atoms with Gasteiger partial charge in [0.05, 0.1) is 27.1 Å². The predicted molar refractivity (Wildman–Crippen MR) is 89.8 cm³/mol. The van der Waals surface area contributed by atoms with Gasteiger partial charge in [-0.3, -0.25) is 4.57 Å². The van der Waals surface area contributed by atoms with E-state index in [2.05, 4.69) is 41.6 Å². The van der Waals surface area contributed by atoms with E-state index in [-0.39, 0.29) is 5.38 Å². The van der Waals surface area contributed by atoms with Crippen molar-refractivity contribution in [3.8, 4) is 5.69 Å². The van der Waals surface area contributed by atoms with Crippen LogP contribution in [0, 0.1) is 13.8 Å². The molecule has 0 aliphatic carbocycles. The van der Waals surface area contributed by atoms with Crippen LogP contribution in [0.5, 0.6) is 0 Å². The van der Waals surface area contributed by atoms with Gasteiger partial charge in [-0.15, -0.1) is 11.6 Å². The second kappa shape index (κ2) is 5.36. The molecular weight excluding hydrogens is 303 g/mol. The molecule has 0 radical (unpaired) electrons. The van der Waals surface area contributed by atoms with Gasteiger partial charge < -0.3 is 0 Å². The molecule has 2 nitrogen and oxygen atoms in total. The molecule has 0 amide bonds. The van der Waals surface area contributed by atoms with Crippen molar-refractivity contribution in [3.05, 3.63) is 58.4 Å². The van der Waals surface area contributed by atoms with Crippen LogP contribution in [0.2, 0.25) is 5.02 Å². The van der Waals surface area contributed by atoms with Crippen LogP contribution in [0.25, 0.3) is 16.7 Å². The summed E-state index contributed by atoms with van der Waals surface area (Å²) in [5, 5.41) is 0.484. The third kappa shape index (κ3) is 2.43. The Morgan fingerprint density at radius 3 is 2.57 bits per heavy atom. The van der Waals surface area contributed by atoms with Crippen LogP contribution in [0.4, 0.5) is 0 Å². The second-order valence-corrected chi connectivity index (χ2v) is 6.38. The minimum absolute atomic E-state index is 0.200. The number of hydrogen-bond donors (Lipinski definition) is 0. The Hall–Kier alpha value is -1.51. The van der Waals surface area contributed by atoms with Gasteiger partial charge in [0, 0.05) is 0 Å². The molecule has 1 unspecified atom stereocenters. The van der Waals surface area contributed by atoms with Crippen LogP contribution in [0.3, 0.4) is 0 Å². The normalized spacial score (nSPS) is 12.8. The number of nitrogens with zero attached hydrogens (tertiary/aromatic N) is 2. The Morgan fingerprint density at radius 1 is 1.14 bits per heavy atom. The van der Waals surface area contributed by atoms with Gasteiger partial charge in [0.1, 0.15) is 5.82 Å². The zero-order valence-electron chi connectivity index (χ0n) is 12.2. The molecule has 0 aliphatic rings. The minimum atomic E-state index is -0.200. The third-order valence-corrected chi connectivity index (χ3v) is 4.10. The molecule has 1 aromatic heterocycles. The summed E-state index contributed by atoms with van der Waals surface area (Å²) in [6.07, 6.45) is 0. The molecule has 1 heterocycles. The van der Waals surface area contributed by atoms with E-state index in [9.17, 15) is 0 Å². The average Bonchev–Trinajstić information content (AvgIpc) is 2.80. The lowest BCUT2D eigenvalue weighted by Gasteiger charge is -2.14. The van der Waals surface area contributed by atoms with Crippen LogP contribution < -0.4 is 0 Å². The van der Waals surface area contributed by atoms with Crippen molar-refractivity contribution in [1.82, 2.24) is 9.55 Å². The number of para-hydroxylation sites is 1. The van der Waals surface area contributed by atoms with Crippen LogP contribution >= 0.6 is 23.2 Å². The molecule has 0 spiro atoms. The Labute approximate surface area is 134 Å². The molecule has 3 aromatic rings. The highest BCUT2D eigenvalue weighted by atomic mass is 35.5. The fraction of sp³-hybridized carbons (Fsp3) is 0.235. The molecule has 0 aliphatic heterocycles. The van der Waals surface area contributed by atoms with Crippen molar-refractivity contribution in [3.63, 3.8) is 0 Å². The van der Waals surface area contributed by atoms with Gasteiger partial charge in [-0.05, 0) is 44.5 Å². The number of aryl methyl sites for hydroxylation is 2. The molecule has 4 heteroatoms. The van der Waals surface area contributed by atoms with Crippen molar-refractivity contribution in [2.45, 2.75) is 26.1 Å². The average molecular weight is 319 g/mol. The molecule has 1 atom stereocenters. The summed E-state index contributed by atoms with van der Waals surface area (Å²) < 4.78 is 2.07. The Morgan fingerprint density at radius 2 is 1.90 bits per heavy atom. The molecular formula is C17H16Cl2N2. The van der Waals surface area contributed by atoms with Crippen molar-refractivity contribution < 1.29 is 0 Å². The molecule has 0 N–H and O–H groups in total. The first kappa shape index (κ1) is 14.4. The number of aromatic nitrogens is 2. The summed E-state index contributed by atoms with van der Waals surface area (Å²) in [6, 6.07) is 12.1. The van der Waals surface area contributed by atoms with E-state index in [1.807, 2.05) is 25.1 Å². The highest BCUT2D eigenvalue weighted by Crippen LogP contribution is 2.33. The van der Waals surface area contributed by atoms with E-state index in [1.165, 1.54) is 11.1 Å². The topological polar surface area (TPSA) is 17.8 Å². The monoisotopic (exact) mass is 318 g/mol. The van der Waals surface area contributed by atoms with Crippen molar-refractivity contribution in [2.24, 2.45) is 0 Å². The van der Waals surface area contributed by atoms with E-state index in [1.54, 1.807) is 0 Å². The summed E-state index contributed by atoms with van der Waals surface area (Å²) in [7, 11) is 0. The number of halogens is 2. The minimum Gasteiger partial charge on any atom is -0.293 e. The molecule has 0 saturated heterocycles. The number of rotatable bonds is 2. The van der Waals surface area contributed by atoms with E-state index in [4.69, 9.17) is 23.2 Å². The van der Waals surface area contributed by atoms with Gasteiger partial charge in [0.2, 0.25) is 0 Å². The highest BCUT2D eigenvalue weighted by molar-refractivity contribution is 6.35. The second-order valence-electron chi connectivity index (χ2n) is 5.32. The van der Waals surface area contributed by atoms with Crippen LogP contribution in [0.1, 0.15) is 29.3 Å². The first-order valence-electron chi connectivity index (χ1n) is 6.87. The Balaban J connectivity index is 2.41. The molecule has 2 aromatic carbocycles. The van der Waals surface area contributed by atoms with Crippen LogP contribution in [-0.2, 0) is 0 Å². The maximum absolute atomic E-state index is 6.41. The highest BCUT2D eigenvalue weighted by Gasteiger charge is 2.19. The molecule has 21 heavy (non-hydrogen) atoms. The fourth-order valence-electron chi connectivity index (χ4n) is 2.67. The summed E-state index contributed by atoms with van der Waals surface area (Å²) in [4.78, 5) is 4.66. The number of hydrogen-bond acceptors (Lipinski definition) is 1. The van der Waals surface area contributed by atoms with Gasteiger partial charge in [-0.2, -0.15) is 0 Å². The van der Waals surface area contributed by atoms with Crippen LogP contribution in [0.15, 0.2) is 36.4 Å². The largest absolute Gasteiger partial charge is 0.293 e. The van der Waals surface area contributed by atoms with Gasteiger partial charge >= 0.3 is 0 Å². The quantitative estimate of drug-likeness (QED) is 0.563. The lowest BCUT2D eigenvalue weighted by molar-refractivity contribution is 0.878. The zero-order chi connectivity index (χ0) is 15.1. The lowest BCUT2D eigenvalue weighted by atomic mass is 10.1. The van der Waals surface area contributed by atoms with E-state index in [0.29, 0.717) is 5.02 Å². The SMILES string of the molecule is Cc1ccc(-n2c(C(C)Cl)nc3cccc(Cl)c32)c(C)c1. The fourth-order valence-corrected chi connectivity index (χ4v) is 3.07. The first-order chi connectivity index (χ1) is 9.99. The summed E-state index contributed by atoms with van der Waals surface area (Å²) >= 11 is 12.7. The Bertz CT molecular complexity index is 819. The van der Waals surface area contributed by atoms with Gasteiger partial charge in [-0.1, -0.05) is 35.4 Å². The molecule has 108 valence electrons. The lowest BCUT2D eigenvalue weighted by Crippen LogP contribution is -2.04. The van der Waals surface area contributed by atoms with E-state index >= 15 is 0 Å². The maximum atomic E-state index is 6.41. The summed E-state index contributed by atoms with van der Waals surface area (Å²) in [5.74, 6) is 0.812. The maximum Gasteiger partial charge on any atom is 0.132 e. The molecule has 0 saturated carbocycles. The Kier molecular flexibility index (Phi) is 3.68. The van der Waals surface area contributed by atoms with Crippen molar-refractivity contribution in [2.75, 3.05) is 0 Å². The molecule has 0 fully saturated rings. The first-order valence-corrected chi connectivity index (χ1v) is 7.69. The smallest absolute Gasteiger partial charge is 0.132 e.